The molecule has 2 aromatic rings. The zero-order chi connectivity index (χ0) is 12.5. The molecule has 3 rings (SSSR count). The van der Waals surface area contributed by atoms with E-state index in [2.05, 4.69) is 34.7 Å². The summed E-state index contributed by atoms with van der Waals surface area (Å²) in [5.74, 6) is 0.917. The molecule has 1 heterocycles. The summed E-state index contributed by atoms with van der Waals surface area (Å²) in [5.41, 5.74) is 3.78. The van der Waals surface area contributed by atoms with Crippen molar-refractivity contribution in [3.8, 4) is 0 Å². The van der Waals surface area contributed by atoms with E-state index in [4.69, 9.17) is 12.2 Å². The fourth-order valence-electron chi connectivity index (χ4n) is 3.23. The molecule has 0 bridgehead atoms. The topological polar surface area (TPSA) is 20.7 Å². The van der Waals surface area contributed by atoms with Gasteiger partial charge in [-0.2, -0.15) is 0 Å². The van der Waals surface area contributed by atoms with Crippen molar-refractivity contribution in [1.29, 1.82) is 0 Å². The quantitative estimate of drug-likeness (QED) is 0.801. The predicted molar refractivity (Wildman–Crippen MR) is 78.4 cm³/mol. The number of aromatic nitrogens is 2. The number of aromatic amines is 1. The molecule has 0 radical (unpaired) electrons. The zero-order valence-electron chi connectivity index (χ0n) is 10.9. The van der Waals surface area contributed by atoms with E-state index in [9.17, 15) is 0 Å². The van der Waals surface area contributed by atoms with Gasteiger partial charge in [0.1, 0.15) is 0 Å². The lowest BCUT2D eigenvalue weighted by atomic mass is 10.0. The number of nitrogens with zero attached hydrogens (tertiary/aromatic N) is 1. The molecule has 0 unspecified atom stereocenters. The molecule has 0 aliphatic heterocycles. The summed E-state index contributed by atoms with van der Waals surface area (Å²) < 4.78 is 3.16. The van der Waals surface area contributed by atoms with Gasteiger partial charge in [-0.3, -0.25) is 0 Å². The minimum Gasteiger partial charge on any atom is -0.331 e. The Morgan fingerprint density at radius 2 is 2.11 bits per heavy atom. The Hall–Kier alpha value is -1.09. The largest absolute Gasteiger partial charge is 0.331 e. The second-order valence-corrected chi connectivity index (χ2v) is 5.88. The van der Waals surface area contributed by atoms with E-state index < -0.39 is 0 Å². The number of rotatable bonds is 3. The van der Waals surface area contributed by atoms with Crippen molar-refractivity contribution in [1.82, 2.24) is 9.55 Å². The molecule has 0 saturated heterocycles. The highest BCUT2D eigenvalue weighted by atomic mass is 32.1. The Bertz CT molecular complexity index is 602. The number of benzene rings is 1. The molecule has 0 amide bonds. The number of imidazole rings is 1. The molecular formula is C15H20N2S. The van der Waals surface area contributed by atoms with E-state index >= 15 is 0 Å². The van der Waals surface area contributed by atoms with Crippen LogP contribution >= 0.6 is 12.2 Å². The lowest BCUT2D eigenvalue weighted by Crippen LogP contribution is -2.04. The van der Waals surface area contributed by atoms with Crippen LogP contribution in [0, 0.1) is 17.6 Å². The van der Waals surface area contributed by atoms with Gasteiger partial charge in [0.15, 0.2) is 4.77 Å². The maximum Gasteiger partial charge on any atom is 0.178 e. The van der Waals surface area contributed by atoms with Crippen LogP contribution in [0.4, 0.5) is 0 Å². The standard InChI is InChI=1S/C15H20N2S/c1-11-5-4-8-13-14(11)17(15(18)16-13)10-9-12-6-2-3-7-12/h4-5,8,12H,2-3,6-7,9-10H2,1H3,(H,16,18). The SMILES string of the molecule is Cc1cccc2[nH]c(=S)n(CCC3CCCC3)c12. The van der Waals surface area contributed by atoms with Crippen molar-refractivity contribution in [2.24, 2.45) is 5.92 Å². The summed E-state index contributed by atoms with van der Waals surface area (Å²) in [6.45, 7) is 3.23. The third-order valence-electron chi connectivity index (χ3n) is 4.23. The molecule has 3 heteroatoms. The molecule has 1 aromatic carbocycles. The summed E-state index contributed by atoms with van der Waals surface area (Å²) >= 11 is 5.46. The number of H-pyrrole nitrogens is 1. The third-order valence-corrected chi connectivity index (χ3v) is 4.55. The van der Waals surface area contributed by atoms with E-state index in [1.54, 1.807) is 0 Å². The van der Waals surface area contributed by atoms with Crippen molar-refractivity contribution in [3.05, 3.63) is 28.5 Å². The molecule has 0 spiro atoms. The molecular weight excluding hydrogens is 240 g/mol. The van der Waals surface area contributed by atoms with Gasteiger partial charge in [-0.1, -0.05) is 37.8 Å². The maximum atomic E-state index is 5.46. The number of hydrogen-bond acceptors (Lipinski definition) is 1. The second kappa shape index (κ2) is 4.88. The minimum absolute atomic E-state index is 0.872. The van der Waals surface area contributed by atoms with Gasteiger partial charge in [0, 0.05) is 6.54 Å². The minimum atomic E-state index is 0.872. The lowest BCUT2D eigenvalue weighted by Gasteiger charge is -2.11. The second-order valence-electron chi connectivity index (χ2n) is 5.49. The maximum absolute atomic E-state index is 5.46. The number of fused-ring (bicyclic) bond motifs is 1. The van der Waals surface area contributed by atoms with Crippen LogP contribution in [-0.2, 0) is 6.54 Å². The Kier molecular flexibility index (Phi) is 3.25. The summed E-state index contributed by atoms with van der Waals surface area (Å²) in [6, 6.07) is 6.37. The van der Waals surface area contributed by atoms with Crippen LogP contribution in [0.15, 0.2) is 18.2 Å². The van der Waals surface area contributed by atoms with Gasteiger partial charge in [0.05, 0.1) is 11.0 Å². The van der Waals surface area contributed by atoms with Crippen molar-refractivity contribution < 1.29 is 0 Å². The van der Waals surface area contributed by atoms with Crippen LogP contribution in [0.25, 0.3) is 11.0 Å². The number of para-hydroxylation sites is 1. The number of aryl methyl sites for hydroxylation is 2. The molecule has 96 valence electrons. The highest BCUT2D eigenvalue weighted by Gasteiger charge is 2.15. The summed E-state index contributed by atoms with van der Waals surface area (Å²) in [7, 11) is 0. The summed E-state index contributed by atoms with van der Waals surface area (Å²) in [6.07, 6.45) is 6.94. The smallest absolute Gasteiger partial charge is 0.178 e. The van der Waals surface area contributed by atoms with Gasteiger partial charge in [0.2, 0.25) is 0 Å². The Morgan fingerprint density at radius 1 is 1.33 bits per heavy atom. The molecule has 1 N–H and O–H groups in total. The van der Waals surface area contributed by atoms with E-state index in [1.165, 1.54) is 48.7 Å². The Labute approximate surface area is 113 Å². The first kappa shape index (κ1) is 12.0. The Balaban J connectivity index is 1.90. The van der Waals surface area contributed by atoms with Crippen LogP contribution < -0.4 is 0 Å². The van der Waals surface area contributed by atoms with Gasteiger partial charge in [-0.25, -0.2) is 0 Å². The average Bonchev–Trinajstić information content (AvgIpc) is 2.94. The average molecular weight is 260 g/mol. The Morgan fingerprint density at radius 3 is 2.89 bits per heavy atom. The van der Waals surface area contributed by atoms with E-state index in [0.717, 1.165) is 17.2 Å². The van der Waals surface area contributed by atoms with Gasteiger partial charge in [-0.05, 0) is 43.1 Å². The van der Waals surface area contributed by atoms with Crippen LogP contribution in [0.2, 0.25) is 0 Å². The summed E-state index contributed by atoms with van der Waals surface area (Å²) in [5, 5.41) is 0. The van der Waals surface area contributed by atoms with Crippen LogP contribution in [0.5, 0.6) is 0 Å². The van der Waals surface area contributed by atoms with Crippen LogP contribution in [0.3, 0.4) is 0 Å². The van der Waals surface area contributed by atoms with Gasteiger partial charge >= 0.3 is 0 Å². The first-order valence-electron chi connectivity index (χ1n) is 6.94. The third kappa shape index (κ3) is 2.12. The predicted octanol–water partition coefficient (Wildman–Crippen LogP) is 4.59. The van der Waals surface area contributed by atoms with Gasteiger partial charge in [-0.15, -0.1) is 0 Å². The lowest BCUT2D eigenvalue weighted by molar-refractivity contribution is 0.460. The molecule has 2 nitrogen and oxygen atoms in total. The fourth-order valence-corrected chi connectivity index (χ4v) is 3.52. The van der Waals surface area contributed by atoms with E-state index in [1.807, 2.05) is 0 Å². The van der Waals surface area contributed by atoms with Gasteiger partial charge in [0.25, 0.3) is 0 Å². The molecule has 1 fully saturated rings. The van der Waals surface area contributed by atoms with Crippen molar-refractivity contribution in [2.75, 3.05) is 0 Å². The molecule has 1 aromatic heterocycles. The first-order valence-corrected chi connectivity index (χ1v) is 7.34. The van der Waals surface area contributed by atoms with E-state index in [0.29, 0.717) is 0 Å². The van der Waals surface area contributed by atoms with Crippen molar-refractivity contribution in [3.63, 3.8) is 0 Å². The fraction of sp³-hybridized carbons (Fsp3) is 0.533. The first-order chi connectivity index (χ1) is 8.75. The van der Waals surface area contributed by atoms with Crippen molar-refractivity contribution >= 4 is 23.3 Å². The van der Waals surface area contributed by atoms with Crippen LogP contribution in [-0.4, -0.2) is 9.55 Å². The molecule has 1 aliphatic rings. The normalized spacial score (nSPS) is 16.7. The van der Waals surface area contributed by atoms with Gasteiger partial charge < -0.3 is 9.55 Å². The number of hydrogen-bond donors (Lipinski definition) is 1. The molecule has 18 heavy (non-hydrogen) atoms. The zero-order valence-corrected chi connectivity index (χ0v) is 11.7. The molecule has 1 saturated carbocycles. The highest BCUT2D eigenvalue weighted by molar-refractivity contribution is 7.71. The summed E-state index contributed by atoms with van der Waals surface area (Å²) in [4.78, 5) is 3.32. The van der Waals surface area contributed by atoms with E-state index in [-0.39, 0.29) is 0 Å². The molecule has 0 atom stereocenters. The van der Waals surface area contributed by atoms with Crippen molar-refractivity contribution in [2.45, 2.75) is 45.6 Å². The van der Waals surface area contributed by atoms with Crippen LogP contribution in [0.1, 0.15) is 37.7 Å². The highest BCUT2D eigenvalue weighted by Crippen LogP contribution is 2.28. The monoisotopic (exact) mass is 260 g/mol. The molecule has 1 aliphatic carbocycles. The number of nitrogens with one attached hydrogen (secondary N) is 1.